The van der Waals surface area contributed by atoms with Crippen molar-refractivity contribution in [3.8, 4) is 17.0 Å². The van der Waals surface area contributed by atoms with Crippen LogP contribution in [0.1, 0.15) is 59.2 Å². The van der Waals surface area contributed by atoms with Crippen molar-refractivity contribution in [1.82, 2.24) is 9.29 Å². The standard InChI is InChI=1S/C31H34N2O5S.2H2/c1-30(2)20-38-28-13-10-22(17-26(28)30)31(14-15-31)29(35)18-23-5-3-7-27(32-23)21-8-11-25(12-9-21)39(36,37)33-16-4-6-24(33)19-34;;/h3,5,7-13,17,24,34H,4,6,14-16,18-20H2,1-2H3;2*1H/t24-;;/m1../s1. The first-order valence-corrected chi connectivity index (χ1v) is 15.1. The molecule has 6 rings (SSSR count). The largest absolute Gasteiger partial charge is 0.492 e. The summed E-state index contributed by atoms with van der Waals surface area (Å²) in [4.78, 5) is 18.5. The second-order valence-corrected chi connectivity index (χ2v) is 13.6. The van der Waals surface area contributed by atoms with Crippen LogP contribution in [0.5, 0.6) is 5.75 Å². The van der Waals surface area contributed by atoms with E-state index < -0.39 is 15.4 Å². The van der Waals surface area contributed by atoms with Gasteiger partial charge in [-0.1, -0.05) is 44.2 Å². The summed E-state index contributed by atoms with van der Waals surface area (Å²) < 4.78 is 33.4. The molecule has 0 radical (unpaired) electrons. The van der Waals surface area contributed by atoms with Gasteiger partial charge in [-0.2, -0.15) is 4.31 Å². The van der Waals surface area contributed by atoms with E-state index in [1.54, 1.807) is 24.3 Å². The molecule has 1 aliphatic carbocycles. The summed E-state index contributed by atoms with van der Waals surface area (Å²) in [6.07, 6.45) is 3.35. The molecule has 3 aromatic rings. The third-order valence-corrected chi connectivity index (χ3v) is 10.5. The Kier molecular flexibility index (Phi) is 6.40. The molecule has 39 heavy (non-hydrogen) atoms. The summed E-state index contributed by atoms with van der Waals surface area (Å²) >= 11 is 0. The zero-order valence-electron chi connectivity index (χ0n) is 22.4. The van der Waals surface area contributed by atoms with Gasteiger partial charge in [-0.3, -0.25) is 9.78 Å². The number of sulfonamides is 1. The summed E-state index contributed by atoms with van der Waals surface area (Å²) in [6, 6.07) is 18.2. The summed E-state index contributed by atoms with van der Waals surface area (Å²) in [5.74, 6) is 1.09. The molecular weight excluding hydrogens is 512 g/mol. The average molecular weight is 551 g/mol. The van der Waals surface area contributed by atoms with Crippen molar-refractivity contribution in [2.45, 2.75) is 67.7 Å². The van der Waals surface area contributed by atoms with Crippen LogP contribution in [-0.4, -0.2) is 54.4 Å². The minimum Gasteiger partial charge on any atom is -0.492 e. The molecule has 3 aliphatic rings. The Labute approximate surface area is 232 Å². The Morgan fingerprint density at radius 1 is 1.13 bits per heavy atom. The van der Waals surface area contributed by atoms with Crippen LogP contribution >= 0.6 is 0 Å². The molecule has 0 amide bonds. The molecule has 208 valence electrons. The van der Waals surface area contributed by atoms with Crippen molar-refractivity contribution in [3.05, 3.63) is 77.5 Å². The van der Waals surface area contributed by atoms with E-state index in [0.717, 1.165) is 36.1 Å². The van der Waals surface area contributed by atoms with Crippen molar-refractivity contribution >= 4 is 15.8 Å². The first-order chi connectivity index (χ1) is 18.6. The van der Waals surface area contributed by atoms with E-state index >= 15 is 0 Å². The smallest absolute Gasteiger partial charge is 0.243 e. The number of ketones is 1. The predicted molar refractivity (Wildman–Crippen MR) is 152 cm³/mol. The lowest BCUT2D eigenvalue weighted by atomic mass is 9.82. The van der Waals surface area contributed by atoms with Gasteiger partial charge in [0.05, 0.1) is 29.2 Å². The number of carbonyl (C=O) groups is 1. The minimum atomic E-state index is -3.67. The first-order valence-electron chi connectivity index (χ1n) is 13.6. The molecule has 2 fully saturated rings. The lowest BCUT2D eigenvalue weighted by Crippen LogP contribution is -2.37. The van der Waals surface area contributed by atoms with Gasteiger partial charge in [0.1, 0.15) is 11.5 Å². The number of rotatable bonds is 8. The monoisotopic (exact) mass is 550 g/mol. The number of Topliss-reactive ketones (excluding diaryl/α,β-unsaturated/α-hetero) is 1. The minimum absolute atomic E-state index is 0. The van der Waals surface area contributed by atoms with E-state index in [-0.39, 0.29) is 38.0 Å². The van der Waals surface area contributed by atoms with E-state index in [4.69, 9.17) is 9.72 Å². The average Bonchev–Trinajstić information content (AvgIpc) is 3.50. The van der Waals surface area contributed by atoms with Crippen LogP contribution in [-0.2, 0) is 32.1 Å². The molecule has 1 atom stereocenters. The molecule has 3 heterocycles. The number of benzene rings is 2. The highest BCUT2D eigenvalue weighted by molar-refractivity contribution is 7.89. The molecule has 0 unspecified atom stereocenters. The predicted octanol–water partition coefficient (Wildman–Crippen LogP) is 4.90. The van der Waals surface area contributed by atoms with Gasteiger partial charge in [-0.15, -0.1) is 0 Å². The number of pyridine rings is 1. The van der Waals surface area contributed by atoms with Crippen molar-refractivity contribution in [3.63, 3.8) is 0 Å². The lowest BCUT2D eigenvalue weighted by molar-refractivity contribution is -0.120. The van der Waals surface area contributed by atoms with E-state index in [1.165, 1.54) is 9.87 Å². The fraction of sp³-hybridized carbons (Fsp3) is 0.419. The van der Waals surface area contributed by atoms with Gasteiger partial charge in [-0.25, -0.2) is 8.42 Å². The summed E-state index contributed by atoms with van der Waals surface area (Å²) in [7, 11) is -3.67. The van der Waals surface area contributed by atoms with Gasteiger partial charge in [-0.05, 0) is 61.6 Å². The van der Waals surface area contributed by atoms with Crippen LogP contribution in [0.4, 0.5) is 0 Å². The van der Waals surface area contributed by atoms with Crippen LogP contribution in [0, 0.1) is 0 Å². The van der Waals surface area contributed by atoms with Crippen molar-refractivity contribution in [1.29, 1.82) is 0 Å². The fourth-order valence-corrected chi connectivity index (χ4v) is 7.67. The number of ether oxygens (including phenoxy) is 1. The van der Waals surface area contributed by atoms with Crippen molar-refractivity contribution in [2.75, 3.05) is 19.8 Å². The quantitative estimate of drug-likeness (QED) is 0.429. The molecule has 7 nitrogen and oxygen atoms in total. The number of carbonyl (C=O) groups excluding carboxylic acids is 1. The molecular formula is C31H38N2O5S. The zero-order valence-corrected chi connectivity index (χ0v) is 23.2. The highest BCUT2D eigenvalue weighted by Gasteiger charge is 2.51. The Bertz CT molecular complexity index is 1540. The van der Waals surface area contributed by atoms with Crippen LogP contribution in [0.2, 0.25) is 0 Å². The maximum Gasteiger partial charge on any atom is 0.243 e. The third-order valence-electron chi connectivity index (χ3n) is 8.57. The van der Waals surface area contributed by atoms with E-state index in [0.29, 0.717) is 31.0 Å². The van der Waals surface area contributed by atoms with Crippen LogP contribution in [0.15, 0.2) is 65.6 Å². The second-order valence-electron chi connectivity index (χ2n) is 11.7. The summed E-state index contributed by atoms with van der Waals surface area (Å²) in [5, 5.41) is 9.56. The van der Waals surface area contributed by atoms with Gasteiger partial charge in [0.15, 0.2) is 0 Å². The maximum atomic E-state index is 13.6. The summed E-state index contributed by atoms with van der Waals surface area (Å²) in [6.45, 7) is 5.23. The second kappa shape index (κ2) is 9.54. The Morgan fingerprint density at radius 3 is 2.62 bits per heavy atom. The van der Waals surface area contributed by atoms with Gasteiger partial charge in [0.2, 0.25) is 10.0 Å². The first kappa shape index (κ1) is 26.2. The Balaban J connectivity index is 0.00000194. The number of nitrogens with zero attached hydrogens (tertiary/aromatic N) is 2. The fourth-order valence-electron chi connectivity index (χ4n) is 5.99. The molecule has 2 aliphatic heterocycles. The molecule has 1 N–H and O–H groups in total. The Morgan fingerprint density at radius 2 is 1.90 bits per heavy atom. The van der Waals surface area contributed by atoms with E-state index in [2.05, 4.69) is 19.9 Å². The highest BCUT2D eigenvalue weighted by Crippen LogP contribution is 2.52. The zero-order chi connectivity index (χ0) is 27.4. The van der Waals surface area contributed by atoms with Crippen molar-refractivity contribution < 1.29 is 25.9 Å². The molecule has 8 heteroatoms. The molecule has 1 saturated carbocycles. The lowest BCUT2D eigenvalue weighted by Gasteiger charge is -2.22. The maximum absolute atomic E-state index is 13.6. The number of aliphatic hydroxyl groups excluding tert-OH is 1. The Hall–Kier alpha value is -3.07. The van der Waals surface area contributed by atoms with Crippen LogP contribution < -0.4 is 4.74 Å². The summed E-state index contributed by atoms with van der Waals surface area (Å²) in [5.41, 5.74) is 3.90. The topological polar surface area (TPSA) is 96.8 Å². The SMILES string of the molecule is CC1(C)COc2ccc(C3(C(=O)Cc4cccc(-c5ccc(S(=O)(=O)N6CCC[C@@H]6CO)cc5)n4)CC3)cc21.[HH].[HH]. The number of hydrogen-bond donors (Lipinski definition) is 1. The van der Waals surface area contributed by atoms with Gasteiger partial charge >= 0.3 is 0 Å². The van der Waals surface area contributed by atoms with E-state index in [1.807, 2.05) is 30.3 Å². The molecule has 2 aromatic carbocycles. The number of aromatic nitrogens is 1. The normalized spacial score (nSPS) is 21.4. The van der Waals surface area contributed by atoms with Gasteiger partial charge < -0.3 is 9.84 Å². The van der Waals surface area contributed by atoms with E-state index in [9.17, 15) is 18.3 Å². The van der Waals surface area contributed by atoms with Crippen molar-refractivity contribution in [2.24, 2.45) is 0 Å². The third kappa shape index (κ3) is 4.58. The number of hydrogen-bond acceptors (Lipinski definition) is 6. The van der Waals surface area contributed by atoms with Crippen LogP contribution in [0.3, 0.4) is 0 Å². The molecule has 0 spiro atoms. The van der Waals surface area contributed by atoms with Crippen LogP contribution in [0.25, 0.3) is 11.3 Å². The molecule has 1 aromatic heterocycles. The number of fused-ring (bicyclic) bond motifs is 1. The number of aliphatic hydroxyl groups is 1. The van der Waals surface area contributed by atoms with Gasteiger partial charge in [0.25, 0.3) is 0 Å². The molecule has 0 bridgehead atoms. The highest BCUT2D eigenvalue weighted by atomic mass is 32.2. The molecule has 1 saturated heterocycles. The van der Waals surface area contributed by atoms with Gasteiger partial charge in [0, 0.05) is 44.1 Å².